The number of aromatic nitrogens is 4. The molecule has 1 atom stereocenters. The molecule has 7 nitrogen and oxygen atoms in total. The highest BCUT2D eigenvalue weighted by Gasteiger charge is 2.26. The summed E-state index contributed by atoms with van der Waals surface area (Å²) in [4.78, 5) is 22.5. The molecule has 0 radical (unpaired) electrons. The second-order valence-electron chi connectivity index (χ2n) is 5.68. The van der Waals surface area contributed by atoms with Gasteiger partial charge in [-0.15, -0.1) is 0 Å². The van der Waals surface area contributed by atoms with Crippen LogP contribution >= 0.6 is 0 Å². The molecule has 2 aromatic heterocycles. The summed E-state index contributed by atoms with van der Waals surface area (Å²) in [6.45, 7) is 1.66. The first kappa shape index (κ1) is 13.7. The van der Waals surface area contributed by atoms with Crippen molar-refractivity contribution in [2.45, 2.75) is 12.5 Å². The normalized spacial score (nSPS) is 17.7. The Labute approximate surface area is 132 Å². The van der Waals surface area contributed by atoms with Crippen LogP contribution in [0.3, 0.4) is 0 Å². The first-order valence-corrected chi connectivity index (χ1v) is 7.51. The van der Waals surface area contributed by atoms with Gasteiger partial charge in [-0.3, -0.25) is 14.5 Å². The van der Waals surface area contributed by atoms with Crippen LogP contribution in [0.15, 0.2) is 42.9 Å². The molecular formula is C16H16N6O. The van der Waals surface area contributed by atoms with Gasteiger partial charge in [0.2, 0.25) is 0 Å². The Hall–Kier alpha value is -2.96. The lowest BCUT2D eigenvalue weighted by Crippen LogP contribution is -2.22. The molecule has 3 aromatic rings. The zero-order valence-electron chi connectivity index (χ0n) is 12.5. The highest BCUT2D eigenvalue weighted by molar-refractivity contribution is 5.92. The number of amides is 1. The topological polar surface area (TPSA) is 89.9 Å². The number of primary amides is 1. The molecule has 1 aromatic carbocycles. The fourth-order valence-electron chi connectivity index (χ4n) is 2.93. The number of para-hydroxylation sites is 2. The van der Waals surface area contributed by atoms with Crippen LogP contribution in [0.4, 0.5) is 5.82 Å². The average Bonchev–Trinajstić information content (AvgIpc) is 3.23. The van der Waals surface area contributed by atoms with E-state index in [0.717, 1.165) is 36.4 Å². The molecule has 1 aliphatic heterocycles. The molecule has 3 heterocycles. The molecule has 2 N–H and O–H groups in total. The van der Waals surface area contributed by atoms with Crippen molar-refractivity contribution >= 4 is 22.8 Å². The van der Waals surface area contributed by atoms with E-state index in [2.05, 4.69) is 20.0 Å². The molecule has 0 saturated carbocycles. The molecule has 1 aliphatic rings. The van der Waals surface area contributed by atoms with Crippen molar-refractivity contribution < 1.29 is 4.79 Å². The molecule has 0 bridgehead atoms. The predicted octanol–water partition coefficient (Wildman–Crippen LogP) is 1.38. The quantitative estimate of drug-likeness (QED) is 0.789. The molecule has 7 heteroatoms. The lowest BCUT2D eigenvalue weighted by atomic mass is 10.3. The molecule has 0 spiro atoms. The summed E-state index contributed by atoms with van der Waals surface area (Å²) in [5, 5.41) is 4.25. The van der Waals surface area contributed by atoms with E-state index < -0.39 is 5.91 Å². The number of carbonyl (C=O) groups excluding carboxylic acids is 1. The van der Waals surface area contributed by atoms with E-state index in [1.54, 1.807) is 6.20 Å². The van der Waals surface area contributed by atoms with E-state index in [1.165, 1.54) is 6.20 Å². The minimum absolute atomic E-state index is 0.205. The van der Waals surface area contributed by atoms with Crippen molar-refractivity contribution in [3.05, 3.63) is 48.4 Å². The lowest BCUT2D eigenvalue weighted by molar-refractivity contribution is 0.1000. The smallest absolute Gasteiger partial charge is 0.251 e. The highest BCUT2D eigenvalue weighted by Crippen LogP contribution is 2.26. The maximum atomic E-state index is 11.2. The number of carbonyl (C=O) groups is 1. The maximum absolute atomic E-state index is 11.2. The number of hydrogen-bond acceptors (Lipinski definition) is 5. The molecule has 1 amide bonds. The van der Waals surface area contributed by atoms with E-state index in [-0.39, 0.29) is 6.04 Å². The highest BCUT2D eigenvalue weighted by atomic mass is 16.1. The summed E-state index contributed by atoms with van der Waals surface area (Å²) in [6.07, 6.45) is 5.97. The standard InChI is InChI=1S/C16H16N6O/c17-16(23)11-7-19-22(9-11)12-5-6-21(10-12)15-8-18-13-3-1-2-4-14(13)20-15/h1-4,7-9,12H,5-6,10H2,(H2,17,23). The minimum Gasteiger partial charge on any atom is -0.366 e. The fraction of sp³-hybridized carbons (Fsp3) is 0.250. The molecule has 4 rings (SSSR count). The third kappa shape index (κ3) is 2.50. The summed E-state index contributed by atoms with van der Waals surface area (Å²) >= 11 is 0. The Bertz CT molecular complexity index is 874. The number of nitrogens with zero attached hydrogens (tertiary/aromatic N) is 5. The second kappa shape index (κ2) is 5.35. The number of anilines is 1. The molecule has 1 unspecified atom stereocenters. The zero-order valence-corrected chi connectivity index (χ0v) is 12.5. The van der Waals surface area contributed by atoms with Gasteiger partial charge >= 0.3 is 0 Å². The van der Waals surface area contributed by atoms with Crippen LogP contribution in [0.25, 0.3) is 11.0 Å². The summed E-state index contributed by atoms with van der Waals surface area (Å²) in [7, 11) is 0. The van der Waals surface area contributed by atoms with E-state index in [1.807, 2.05) is 35.1 Å². The van der Waals surface area contributed by atoms with Gasteiger partial charge in [0, 0.05) is 19.3 Å². The van der Waals surface area contributed by atoms with Crippen LogP contribution in [-0.2, 0) is 0 Å². The fourth-order valence-corrected chi connectivity index (χ4v) is 2.93. The Morgan fingerprint density at radius 3 is 2.83 bits per heavy atom. The lowest BCUT2D eigenvalue weighted by Gasteiger charge is -2.17. The van der Waals surface area contributed by atoms with Gasteiger partial charge in [0.1, 0.15) is 5.82 Å². The SMILES string of the molecule is NC(=O)c1cnn(C2CCN(c3cnc4ccccc4n3)C2)c1. The molecule has 116 valence electrons. The van der Waals surface area contributed by atoms with Crippen LogP contribution in [0.2, 0.25) is 0 Å². The van der Waals surface area contributed by atoms with E-state index in [9.17, 15) is 4.79 Å². The average molecular weight is 308 g/mol. The minimum atomic E-state index is -0.452. The Balaban J connectivity index is 1.55. The van der Waals surface area contributed by atoms with Crippen LogP contribution in [0.5, 0.6) is 0 Å². The van der Waals surface area contributed by atoms with Gasteiger partial charge in [-0.05, 0) is 18.6 Å². The van der Waals surface area contributed by atoms with Gasteiger partial charge in [0.05, 0.1) is 35.0 Å². The molecular weight excluding hydrogens is 292 g/mol. The first-order valence-electron chi connectivity index (χ1n) is 7.51. The third-order valence-electron chi connectivity index (χ3n) is 4.18. The summed E-state index contributed by atoms with van der Waals surface area (Å²) < 4.78 is 1.81. The van der Waals surface area contributed by atoms with Crippen molar-refractivity contribution in [2.75, 3.05) is 18.0 Å². The van der Waals surface area contributed by atoms with Crippen molar-refractivity contribution in [2.24, 2.45) is 5.73 Å². The van der Waals surface area contributed by atoms with Gasteiger partial charge in [-0.25, -0.2) is 4.98 Å². The van der Waals surface area contributed by atoms with Crippen molar-refractivity contribution in [3.63, 3.8) is 0 Å². The monoisotopic (exact) mass is 308 g/mol. The molecule has 1 saturated heterocycles. The number of hydrogen-bond donors (Lipinski definition) is 1. The van der Waals surface area contributed by atoms with Crippen LogP contribution in [0, 0.1) is 0 Å². The van der Waals surface area contributed by atoms with Gasteiger partial charge in [0.25, 0.3) is 5.91 Å². The van der Waals surface area contributed by atoms with Crippen LogP contribution in [0.1, 0.15) is 22.8 Å². The second-order valence-corrected chi connectivity index (χ2v) is 5.68. The van der Waals surface area contributed by atoms with Crippen LogP contribution in [-0.4, -0.2) is 38.7 Å². The van der Waals surface area contributed by atoms with Crippen molar-refractivity contribution in [3.8, 4) is 0 Å². The number of benzene rings is 1. The first-order chi connectivity index (χ1) is 11.2. The van der Waals surface area contributed by atoms with Crippen LogP contribution < -0.4 is 10.6 Å². The molecule has 1 fully saturated rings. The van der Waals surface area contributed by atoms with Gasteiger partial charge < -0.3 is 10.6 Å². The Kier molecular flexibility index (Phi) is 3.18. The molecule has 23 heavy (non-hydrogen) atoms. The maximum Gasteiger partial charge on any atom is 0.251 e. The van der Waals surface area contributed by atoms with E-state index in [0.29, 0.717) is 5.56 Å². The van der Waals surface area contributed by atoms with Gasteiger partial charge in [-0.2, -0.15) is 5.10 Å². The largest absolute Gasteiger partial charge is 0.366 e. The van der Waals surface area contributed by atoms with Crippen molar-refractivity contribution in [1.29, 1.82) is 0 Å². The Morgan fingerprint density at radius 1 is 1.22 bits per heavy atom. The van der Waals surface area contributed by atoms with Gasteiger partial charge in [0.15, 0.2) is 0 Å². The molecule has 0 aliphatic carbocycles. The van der Waals surface area contributed by atoms with E-state index >= 15 is 0 Å². The predicted molar refractivity (Wildman–Crippen MR) is 86.1 cm³/mol. The summed E-state index contributed by atoms with van der Waals surface area (Å²) in [5.41, 5.74) is 7.50. The van der Waals surface area contributed by atoms with Crippen molar-refractivity contribution in [1.82, 2.24) is 19.7 Å². The number of fused-ring (bicyclic) bond motifs is 1. The third-order valence-corrected chi connectivity index (χ3v) is 4.18. The van der Waals surface area contributed by atoms with Gasteiger partial charge in [-0.1, -0.05) is 12.1 Å². The number of rotatable bonds is 3. The van der Waals surface area contributed by atoms with E-state index in [4.69, 9.17) is 5.73 Å². The zero-order chi connectivity index (χ0) is 15.8. The Morgan fingerprint density at radius 2 is 2.04 bits per heavy atom. The summed E-state index contributed by atoms with van der Waals surface area (Å²) in [5.74, 6) is 0.417. The number of nitrogens with two attached hydrogens (primary N) is 1. The summed E-state index contributed by atoms with van der Waals surface area (Å²) in [6, 6.07) is 8.04.